The highest BCUT2D eigenvalue weighted by atomic mass is 32.2. The van der Waals surface area contributed by atoms with Crippen LogP contribution in [0.2, 0.25) is 0 Å². The van der Waals surface area contributed by atoms with Crippen LogP contribution in [0.4, 0.5) is 5.82 Å². The normalized spacial score (nSPS) is 16.6. The van der Waals surface area contributed by atoms with E-state index in [1.54, 1.807) is 0 Å². The fourth-order valence-corrected chi connectivity index (χ4v) is 2.86. The summed E-state index contributed by atoms with van der Waals surface area (Å²) in [7, 11) is -3.82. The summed E-state index contributed by atoms with van der Waals surface area (Å²) < 4.78 is 25.3. The van der Waals surface area contributed by atoms with Crippen LogP contribution in [-0.2, 0) is 23.2 Å². The molecule has 0 saturated carbocycles. The third-order valence-electron chi connectivity index (χ3n) is 3.60. The molecule has 0 amide bonds. The van der Waals surface area contributed by atoms with Gasteiger partial charge in [0.25, 0.3) is 10.2 Å². The maximum absolute atomic E-state index is 11.1. The summed E-state index contributed by atoms with van der Waals surface area (Å²) in [5.41, 5.74) is 0. The van der Waals surface area contributed by atoms with Crippen molar-refractivity contribution < 1.29 is 13.3 Å². The Bertz CT molecular complexity index is 639. The summed E-state index contributed by atoms with van der Waals surface area (Å²) in [6.45, 7) is 4.52. The number of imidazole rings is 1. The maximum Gasteiger partial charge on any atom is 0.342 e. The minimum Gasteiger partial charge on any atom is -0.358 e. The number of nitrogens with one attached hydrogen (secondary N) is 2. The van der Waals surface area contributed by atoms with Crippen LogP contribution in [0.25, 0.3) is 0 Å². The number of piperazine rings is 1. The lowest BCUT2D eigenvalue weighted by Gasteiger charge is -2.26. The SMILES string of the molecule is NS(=O)(=O)NCCn1c([N+](=O)[O-])cnc1CCN1CCNCC1. The van der Waals surface area contributed by atoms with Gasteiger partial charge >= 0.3 is 5.82 Å². The van der Waals surface area contributed by atoms with Crippen molar-refractivity contribution in [3.63, 3.8) is 0 Å². The van der Waals surface area contributed by atoms with Gasteiger partial charge in [0.05, 0.1) is 0 Å². The van der Waals surface area contributed by atoms with Gasteiger partial charge in [-0.1, -0.05) is 0 Å². The summed E-state index contributed by atoms with van der Waals surface area (Å²) in [4.78, 5) is 16.9. The summed E-state index contributed by atoms with van der Waals surface area (Å²) in [5.74, 6) is 0.406. The lowest BCUT2D eigenvalue weighted by molar-refractivity contribution is -0.392. The summed E-state index contributed by atoms with van der Waals surface area (Å²) in [5, 5.41) is 19.2. The molecule has 12 heteroatoms. The molecule has 2 heterocycles. The molecule has 0 aromatic carbocycles. The Labute approximate surface area is 134 Å². The third kappa shape index (κ3) is 5.51. The van der Waals surface area contributed by atoms with Crippen LogP contribution in [0.15, 0.2) is 6.20 Å². The third-order valence-corrected chi connectivity index (χ3v) is 4.21. The highest BCUT2D eigenvalue weighted by Crippen LogP contribution is 2.14. The molecule has 1 aromatic rings. The van der Waals surface area contributed by atoms with Crippen molar-refractivity contribution in [2.45, 2.75) is 13.0 Å². The zero-order valence-electron chi connectivity index (χ0n) is 12.6. The van der Waals surface area contributed by atoms with Crippen molar-refractivity contribution in [1.82, 2.24) is 24.5 Å². The van der Waals surface area contributed by atoms with E-state index in [4.69, 9.17) is 5.14 Å². The molecule has 0 radical (unpaired) electrons. The molecule has 0 spiro atoms. The van der Waals surface area contributed by atoms with Crippen molar-refractivity contribution >= 4 is 16.0 Å². The van der Waals surface area contributed by atoms with Gasteiger partial charge in [0.2, 0.25) is 0 Å². The van der Waals surface area contributed by atoms with E-state index in [9.17, 15) is 18.5 Å². The molecule has 1 saturated heterocycles. The van der Waals surface area contributed by atoms with Crippen molar-refractivity contribution in [1.29, 1.82) is 0 Å². The topological polar surface area (TPSA) is 148 Å². The van der Waals surface area contributed by atoms with Crippen LogP contribution in [-0.4, -0.2) is 67.1 Å². The van der Waals surface area contributed by atoms with Crippen LogP contribution in [0.3, 0.4) is 0 Å². The van der Waals surface area contributed by atoms with Crippen LogP contribution in [0, 0.1) is 10.1 Å². The van der Waals surface area contributed by atoms with E-state index in [0.717, 1.165) is 32.7 Å². The second-order valence-electron chi connectivity index (χ2n) is 5.22. The molecule has 0 atom stereocenters. The Kier molecular flexibility index (Phi) is 6.01. The molecule has 4 N–H and O–H groups in total. The van der Waals surface area contributed by atoms with Gasteiger partial charge in [0.1, 0.15) is 12.7 Å². The summed E-state index contributed by atoms with van der Waals surface area (Å²) in [6, 6.07) is 0. The van der Waals surface area contributed by atoms with Crippen LogP contribution < -0.4 is 15.2 Å². The summed E-state index contributed by atoms with van der Waals surface area (Å²) >= 11 is 0. The average Bonchev–Trinajstić information content (AvgIpc) is 2.88. The smallest absolute Gasteiger partial charge is 0.342 e. The highest BCUT2D eigenvalue weighted by molar-refractivity contribution is 7.87. The molecular formula is C11H21N7O4S. The maximum atomic E-state index is 11.1. The number of nitrogens with two attached hydrogens (primary N) is 1. The monoisotopic (exact) mass is 347 g/mol. The molecule has 1 aromatic heterocycles. The minimum absolute atomic E-state index is 0.0311. The molecule has 11 nitrogen and oxygen atoms in total. The first-order valence-corrected chi connectivity index (χ1v) is 8.81. The molecule has 0 aliphatic carbocycles. The first-order valence-electron chi connectivity index (χ1n) is 7.26. The Morgan fingerprint density at radius 3 is 2.70 bits per heavy atom. The molecule has 23 heavy (non-hydrogen) atoms. The van der Waals surface area contributed by atoms with Gasteiger partial charge in [-0.3, -0.25) is 0 Å². The predicted octanol–water partition coefficient (Wildman–Crippen LogP) is -1.97. The number of hydrogen-bond acceptors (Lipinski definition) is 7. The standard InChI is InChI=1S/C11H21N7O4S/c12-23(21,22)15-4-8-17-10(14-9-11(17)18(19)20)1-5-16-6-2-13-3-7-16/h9,13,15H,1-8H2,(H2,12,21,22). The fraction of sp³-hybridized carbons (Fsp3) is 0.727. The Morgan fingerprint density at radius 2 is 2.09 bits per heavy atom. The second kappa shape index (κ2) is 7.79. The van der Waals surface area contributed by atoms with Gasteiger partial charge in [-0.15, -0.1) is 0 Å². The van der Waals surface area contributed by atoms with E-state index in [1.165, 1.54) is 10.8 Å². The van der Waals surface area contributed by atoms with Crippen molar-refractivity contribution in [2.75, 3.05) is 39.3 Å². The zero-order chi connectivity index (χ0) is 16.9. The molecule has 130 valence electrons. The van der Waals surface area contributed by atoms with E-state index in [0.29, 0.717) is 12.2 Å². The molecule has 0 bridgehead atoms. The number of nitrogens with zero attached hydrogens (tertiary/aromatic N) is 4. The zero-order valence-corrected chi connectivity index (χ0v) is 13.5. The quantitative estimate of drug-likeness (QED) is 0.365. The van der Waals surface area contributed by atoms with Gasteiger partial charge in [-0.05, 0) is 4.92 Å². The van der Waals surface area contributed by atoms with Crippen molar-refractivity contribution in [3.05, 3.63) is 22.1 Å². The van der Waals surface area contributed by atoms with Gasteiger partial charge in [-0.2, -0.15) is 13.1 Å². The second-order valence-corrected chi connectivity index (χ2v) is 6.60. The molecule has 1 aliphatic rings. The van der Waals surface area contributed by atoms with Crippen LogP contribution in [0.1, 0.15) is 5.82 Å². The highest BCUT2D eigenvalue weighted by Gasteiger charge is 2.21. The Morgan fingerprint density at radius 1 is 1.39 bits per heavy atom. The molecule has 0 unspecified atom stereocenters. The fourth-order valence-electron chi connectivity index (χ4n) is 2.49. The van der Waals surface area contributed by atoms with E-state index in [-0.39, 0.29) is 18.9 Å². The van der Waals surface area contributed by atoms with Crippen molar-refractivity contribution in [2.24, 2.45) is 5.14 Å². The minimum atomic E-state index is -3.82. The number of hydrogen-bond donors (Lipinski definition) is 3. The average molecular weight is 347 g/mol. The van der Waals surface area contributed by atoms with Crippen LogP contribution >= 0.6 is 0 Å². The van der Waals surface area contributed by atoms with Gasteiger partial charge in [0.15, 0.2) is 5.82 Å². The first kappa shape index (κ1) is 17.7. The van der Waals surface area contributed by atoms with E-state index < -0.39 is 15.1 Å². The van der Waals surface area contributed by atoms with E-state index >= 15 is 0 Å². The Balaban J connectivity index is 2.01. The van der Waals surface area contributed by atoms with E-state index in [1.807, 2.05) is 0 Å². The molecular weight excluding hydrogens is 326 g/mol. The van der Waals surface area contributed by atoms with Gasteiger partial charge in [-0.25, -0.2) is 14.7 Å². The molecule has 2 rings (SSSR count). The summed E-state index contributed by atoms with van der Waals surface area (Å²) in [6.07, 6.45) is 1.76. The number of aromatic nitrogens is 2. The van der Waals surface area contributed by atoms with Crippen LogP contribution in [0.5, 0.6) is 0 Å². The van der Waals surface area contributed by atoms with Gasteiger partial charge in [0, 0.05) is 45.7 Å². The van der Waals surface area contributed by atoms with Gasteiger partial charge < -0.3 is 20.3 Å². The Hall–Kier alpha value is -1.60. The number of nitro groups is 1. The predicted molar refractivity (Wildman–Crippen MR) is 83.0 cm³/mol. The lowest BCUT2D eigenvalue weighted by atomic mass is 10.3. The van der Waals surface area contributed by atoms with E-state index in [2.05, 4.69) is 19.9 Å². The largest absolute Gasteiger partial charge is 0.358 e. The first-order chi connectivity index (χ1) is 10.9. The molecule has 1 fully saturated rings. The lowest BCUT2D eigenvalue weighted by Crippen LogP contribution is -2.44. The van der Waals surface area contributed by atoms with Crippen molar-refractivity contribution in [3.8, 4) is 0 Å². The molecule has 1 aliphatic heterocycles. The number of rotatable bonds is 8.